The lowest BCUT2D eigenvalue weighted by molar-refractivity contribution is -0.152. The Morgan fingerprint density at radius 2 is 1.91 bits per heavy atom. The van der Waals surface area contributed by atoms with Gasteiger partial charge in [0.15, 0.2) is 0 Å². The Balaban J connectivity index is 1.83. The minimum atomic E-state index is -1.11. The van der Waals surface area contributed by atoms with E-state index in [-0.39, 0.29) is 12.2 Å². The number of carbonyl (C=O) groups excluding carboxylic acids is 2. The SMILES string of the molecule is C/C(=C\c1csc(C)n1)[C@@H]1C/C=C/CCCC(C)(C)[C@H](O)[C@@H](C)C(=O)C2(CC2)[C@@H](O)CC(=O)O1. The first-order valence-corrected chi connectivity index (χ1v) is 13.2. The van der Waals surface area contributed by atoms with Crippen LogP contribution in [0, 0.1) is 23.7 Å². The highest BCUT2D eigenvalue weighted by Gasteiger charge is 2.58. The van der Waals surface area contributed by atoms with Crippen molar-refractivity contribution in [3.05, 3.63) is 33.8 Å². The molecule has 0 bridgehead atoms. The van der Waals surface area contributed by atoms with Gasteiger partial charge in [-0.25, -0.2) is 4.98 Å². The zero-order valence-corrected chi connectivity index (χ0v) is 21.9. The summed E-state index contributed by atoms with van der Waals surface area (Å²) in [4.78, 5) is 30.6. The van der Waals surface area contributed by atoms with Crippen LogP contribution in [0.4, 0.5) is 0 Å². The molecular weight excluding hydrogens is 450 g/mol. The number of ether oxygens (including phenoxy) is 1. The van der Waals surface area contributed by atoms with Crippen molar-refractivity contribution >= 4 is 29.2 Å². The number of thiazole rings is 1. The molecule has 0 radical (unpaired) electrons. The molecule has 0 amide bonds. The molecule has 4 atom stereocenters. The molecule has 34 heavy (non-hydrogen) atoms. The number of hydrogen-bond donors (Lipinski definition) is 2. The van der Waals surface area contributed by atoms with E-state index in [2.05, 4.69) is 11.1 Å². The lowest BCUT2D eigenvalue weighted by atomic mass is 9.72. The summed E-state index contributed by atoms with van der Waals surface area (Å²) in [6.45, 7) is 9.60. The summed E-state index contributed by atoms with van der Waals surface area (Å²) in [6.07, 6.45) is 7.53. The van der Waals surface area contributed by atoms with E-state index in [1.54, 1.807) is 18.3 Å². The van der Waals surface area contributed by atoms with Crippen molar-refractivity contribution in [2.75, 3.05) is 0 Å². The van der Waals surface area contributed by atoms with Crippen LogP contribution in [0.1, 0.15) is 83.3 Å². The molecule has 1 spiro atoms. The fraction of sp³-hybridized carbons (Fsp3) is 0.667. The summed E-state index contributed by atoms with van der Waals surface area (Å²) in [7, 11) is 0. The van der Waals surface area contributed by atoms with Gasteiger partial charge in [-0.3, -0.25) is 9.59 Å². The fourth-order valence-corrected chi connectivity index (χ4v) is 5.54. The Labute approximate surface area is 207 Å². The van der Waals surface area contributed by atoms with Crippen molar-refractivity contribution in [1.82, 2.24) is 4.98 Å². The molecule has 1 aliphatic carbocycles. The van der Waals surface area contributed by atoms with E-state index in [0.717, 1.165) is 35.5 Å². The number of esters is 1. The van der Waals surface area contributed by atoms with Crippen LogP contribution >= 0.6 is 11.3 Å². The molecule has 2 aliphatic rings. The van der Waals surface area contributed by atoms with Crippen molar-refractivity contribution in [1.29, 1.82) is 0 Å². The van der Waals surface area contributed by atoms with E-state index < -0.39 is 41.0 Å². The number of aliphatic hydroxyl groups excluding tert-OH is 2. The van der Waals surface area contributed by atoms with Crippen molar-refractivity contribution in [2.24, 2.45) is 16.7 Å². The van der Waals surface area contributed by atoms with Gasteiger partial charge in [-0.15, -0.1) is 11.3 Å². The van der Waals surface area contributed by atoms with Crippen LogP contribution in [0.2, 0.25) is 0 Å². The zero-order chi connectivity index (χ0) is 25.1. The van der Waals surface area contributed by atoms with E-state index in [0.29, 0.717) is 19.3 Å². The van der Waals surface area contributed by atoms with Crippen molar-refractivity contribution in [3.63, 3.8) is 0 Å². The molecule has 0 unspecified atom stereocenters. The van der Waals surface area contributed by atoms with Gasteiger partial charge in [0.1, 0.15) is 11.9 Å². The number of ketones is 1. The van der Waals surface area contributed by atoms with Crippen LogP contribution in [0.5, 0.6) is 0 Å². The van der Waals surface area contributed by atoms with Gasteiger partial charge < -0.3 is 14.9 Å². The molecule has 1 saturated carbocycles. The maximum Gasteiger partial charge on any atom is 0.309 e. The molecule has 6 nitrogen and oxygen atoms in total. The smallest absolute Gasteiger partial charge is 0.309 e. The molecule has 3 rings (SSSR count). The highest BCUT2D eigenvalue weighted by atomic mass is 32.1. The van der Waals surface area contributed by atoms with Crippen LogP contribution in [0.15, 0.2) is 23.1 Å². The highest BCUT2D eigenvalue weighted by molar-refractivity contribution is 7.09. The van der Waals surface area contributed by atoms with Crippen LogP contribution in [0.25, 0.3) is 6.08 Å². The van der Waals surface area contributed by atoms with E-state index in [1.165, 1.54) is 0 Å². The van der Waals surface area contributed by atoms with Crippen molar-refractivity contribution < 1.29 is 24.5 Å². The third-order valence-electron chi connectivity index (χ3n) is 7.47. The Morgan fingerprint density at radius 1 is 1.21 bits per heavy atom. The average Bonchev–Trinajstić information content (AvgIpc) is 3.49. The van der Waals surface area contributed by atoms with Crippen molar-refractivity contribution in [2.45, 2.75) is 97.9 Å². The lowest BCUT2D eigenvalue weighted by Crippen LogP contribution is -2.44. The quantitative estimate of drug-likeness (QED) is 0.447. The van der Waals surface area contributed by atoms with Crippen LogP contribution in [0.3, 0.4) is 0 Å². The summed E-state index contributed by atoms with van der Waals surface area (Å²) in [5.41, 5.74) is 0.344. The zero-order valence-electron chi connectivity index (χ0n) is 21.0. The van der Waals surface area contributed by atoms with E-state index in [9.17, 15) is 19.8 Å². The topological polar surface area (TPSA) is 96.7 Å². The maximum atomic E-state index is 13.3. The van der Waals surface area contributed by atoms with E-state index in [1.807, 2.05) is 45.2 Å². The monoisotopic (exact) mass is 489 g/mol. The molecule has 1 fully saturated rings. The Kier molecular flexibility index (Phi) is 8.53. The largest absolute Gasteiger partial charge is 0.457 e. The second kappa shape index (κ2) is 10.8. The van der Waals surface area contributed by atoms with Gasteiger partial charge in [0, 0.05) is 17.7 Å². The lowest BCUT2D eigenvalue weighted by Gasteiger charge is -2.36. The number of Topliss-reactive ketones (excluding diaryl/α,β-unsaturated/α-hetero) is 1. The molecule has 188 valence electrons. The molecule has 0 saturated heterocycles. The Bertz CT molecular complexity index is 943. The maximum absolute atomic E-state index is 13.3. The van der Waals surface area contributed by atoms with Gasteiger partial charge >= 0.3 is 5.97 Å². The molecule has 1 aromatic rings. The number of rotatable bonds is 2. The first-order valence-electron chi connectivity index (χ1n) is 12.3. The third kappa shape index (κ3) is 6.23. The molecular formula is C27H39NO5S. The summed E-state index contributed by atoms with van der Waals surface area (Å²) in [5, 5.41) is 24.8. The van der Waals surface area contributed by atoms with E-state index in [4.69, 9.17) is 4.74 Å². The standard InChI is InChI=1S/C27H39NO5S/c1-17(14-20-16-34-19(3)28-20)21-10-8-6-7-9-11-26(4,5)24(31)18(2)25(32)27(12-13-27)22(29)15-23(30)33-21/h6,8,14,16,18,21-22,24,29,31H,7,9-13,15H2,1-5H3/b8-6+,17-14+/t18-,21+,22+,24-/m1/s1. The molecule has 1 aliphatic heterocycles. The Hall–Kier alpha value is -1.83. The summed E-state index contributed by atoms with van der Waals surface area (Å²) >= 11 is 1.57. The first kappa shape index (κ1) is 26.8. The normalized spacial score (nSPS) is 31.8. The first-order chi connectivity index (χ1) is 16.0. The van der Waals surface area contributed by atoms with Gasteiger partial charge in [0.2, 0.25) is 0 Å². The minimum Gasteiger partial charge on any atom is -0.457 e. The fourth-order valence-electron chi connectivity index (χ4n) is 4.97. The molecule has 0 aromatic carbocycles. The van der Waals surface area contributed by atoms with Gasteiger partial charge in [0.25, 0.3) is 0 Å². The molecule has 7 heteroatoms. The summed E-state index contributed by atoms with van der Waals surface area (Å²) in [5.74, 6) is -1.27. The number of hydrogen-bond acceptors (Lipinski definition) is 7. The second-order valence-electron chi connectivity index (χ2n) is 10.7. The number of aromatic nitrogens is 1. The number of allylic oxidation sites excluding steroid dienone is 1. The molecule has 1 aromatic heterocycles. The van der Waals surface area contributed by atoms with Crippen LogP contribution in [-0.4, -0.2) is 45.3 Å². The average molecular weight is 490 g/mol. The predicted octanol–water partition coefficient (Wildman–Crippen LogP) is 5.02. The van der Waals surface area contributed by atoms with Gasteiger partial charge in [0.05, 0.1) is 34.7 Å². The van der Waals surface area contributed by atoms with Crippen LogP contribution in [-0.2, 0) is 14.3 Å². The predicted molar refractivity (Wildman–Crippen MR) is 134 cm³/mol. The number of cyclic esters (lactones) is 1. The highest BCUT2D eigenvalue weighted by Crippen LogP contribution is 2.53. The molecule has 2 heterocycles. The van der Waals surface area contributed by atoms with Gasteiger partial charge in [-0.2, -0.15) is 0 Å². The van der Waals surface area contributed by atoms with Gasteiger partial charge in [-0.1, -0.05) is 32.9 Å². The number of aliphatic hydroxyl groups is 2. The third-order valence-corrected chi connectivity index (χ3v) is 8.26. The van der Waals surface area contributed by atoms with Crippen molar-refractivity contribution in [3.8, 4) is 0 Å². The summed E-state index contributed by atoms with van der Waals surface area (Å²) in [6, 6.07) is 0. The number of carbonyl (C=O) groups is 2. The summed E-state index contributed by atoms with van der Waals surface area (Å²) < 4.78 is 5.80. The minimum absolute atomic E-state index is 0.146. The van der Waals surface area contributed by atoms with Gasteiger partial charge in [-0.05, 0) is 63.0 Å². The second-order valence-corrected chi connectivity index (χ2v) is 11.8. The molecule has 2 N–H and O–H groups in total. The van der Waals surface area contributed by atoms with Crippen LogP contribution < -0.4 is 0 Å². The number of nitrogens with zero attached hydrogens (tertiary/aromatic N) is 1. The number of aryl methyl sites for hydroxylation is 1. The van der Waals surface area contributed by atoms with E-state index >= 15 is 0 Å². The Morgan fingerprint density at radius 3 is 2.53 bits per heavy atom.